The molecule has 0 radical (unpaired) electrons. The number of para-hydroxylation sites is 2. The summed E-state index contributed by atoms with van der Waals surface area (Å²) in [5, 5.41) is 6.90. The van der Waals surface area contributed by atoms with Crippen LogP contribution in [-0.4, -0.2) is 16.1 Å². The highest BCUT2D eigenvalue weighted by molar-refractivity contribution is 7.80. The highest BCUT2D eigenvalue weighted by atomic mass is 32.1. The molecule has 164 valence electrons. The summed E-state index contributed by atoms with van der Waals surface area (Å²) in [6.45, 7) is 3.97. The molecule has 0 saturated carbocycles. The Bertz CT molecular complexity index is 1120. The number of anilines is 3. The Morgan fingerprint density at radius 3 is 1.69 bits per heavy atom. The number of rotatable bonds is 5. The number of hydrazine groups is 2. The quantitative estimate of drug-likeness (QED) is 0.247. The largest absolute Gasteiger partial charge is 0.331 e. The summed E-state index contributed by atoms with van der Waals surface area (Å²) in [5.41, 5.74) is 16.4. The minimum absolute atomic E-state index is 0.296. The summed E-state index contributed by atoms with van der Waals surface area (Å²) in [6.07, 6.45) is 0. The van der Waals surface area contributed by atoms with E-state index >= 15 is 0 Å². The van der Waals surface area contributed by atoms with Crippen molar-refractivity contribution in [3.63, 3.8) is 0 Å². The third kappa shape index (κ3) is 6.66. The normalized spacial score (nSPS) is 9.94. The van der Waals surface area contributed by atoms with E-state index in [-0.39, 0.29) is 5.91 Å². The summed E-state index contributed by atoms with van der Waals surface area (Å²) < 4.78 is 0. The van der Waals surface area contributed by atoms with Gasteiger partial charge in [0.15, 0.2) is 10.2 Å². The van der Waals surface area contributed by atoms with Gasteiger partial charge in [0, 0.05) is 16.9 Å². The number of benzene rings is 3. The molecule has 0 aliphatic heterocycles. The maximum absolute atomic E-state index is 12.4. The minimum atomic E-state index is -0.310. The van der Waals surface area contributed by atoms with Gasteiger partial charge in [-0.25, -0.2) is 0 Å². The number of aryl methyl sites for hydroxylation is 2. The predicted octanol–water partition coefficient (Wildman–Crippen LogP) is 4.25. The molecule has 0 spiro atoms. The van der Waals surface area contributed by atoms with Crippen molar-refractivity contribution >= 4 is 57.6 Å². The van der Waals surface area contributed by atoms with Crippen LogP contribution in [0.2, 0.25) is 0 Å². The Morgan fingerprint density at radius 2 is 1.16 bits per heavy atom. The second-order valence-corrected chi connectivity index (χ2v) is 7.76. The fourth-order valence-corrected chi connectivity index (χ4v) is 3.07. The van der Waals surface area contributed by atoms with E-state index in [1.165, 1.54) is 0 Å². The molecule has 0 aliphatic carbocycles. The van der Waals surface area contributed by atoms with E-state index in [1.54, 1.807) is 24.3 Å². The Kier molecular flexibility index (Phi) is 7.96. The Morgan fingerprint density at radius 1 is 0.656 bits per heavy atom. The molecule has 0 aliphatic rings. The van der Waals surface area contributed by atoms with Crippen LogP contribution in [0.4, 0.5) is 17.1 Å². The van der Waals surface area contributed by atoms with Crippen molar-refractivity contribution in [3.05, 3.63) is 89.5 Å². The van der Waals surface area contributed by atoms with E-state index in [1.807, 2.05) is 62.4 Å². The molecule has 0 aromatic heterocycles. The van der Waals surface area contributed by atoms with Crippen LogP contribution in [0, 0.1) is 13.8 Å². The number of nitrogens with one attached hydrogen (secondary N) is 6. The molecule has 3 rings (SSSR count). The molecule has 0 saturated heterocycles. The second kappa shape index (κ2) is 11.1. The highest BCUT2D eigenvalue weighted by Gasteiger charge is 2.07. The van der Waals surface area contributed by atoms with Gasteiger partial charge in [0.2, 0.25) is 0 Å². The van der Waals surface area contributed by atoms with Crippen molar-refractivity contribution in [3.8, 4) is 0 Å². The first-order chi connectivity index (χ1) is 15.4. The average molecular weight is 465 g/mol. The number of hydrogen-bond donors (Lipinski definition) is 6. The predicted molar refractivity (Wildman–Crippen MR) is 139 cm³/mol. The second-order valence-electron chi connectivity index (χ2n) is 6.94. The van der Waals surface area contributed by atoms with Crippen LogP contribution in [0.1, 0.15) is 21.5 Å². The van der Waals surface area contributed by atoms with E-state index in [4.69, 9.17) is 24.4 Å². The van der Waals surface area contributed by atoms with Gasteiger partial charge in [0.05, 0.1) is 5.69 Å². The molecule has 0 unspecified atom stereocenters. The molecule has 3 aromatic rings. The number of carbonyl (C=O) groups excluding carboxylic acids is 1. The van der Waals surface area contributed by atoms with Crippen molar-refractivity contribution in [1.29, 1.82) is 0 Å². The standard InChI is InChI=1S/C23H24N6OS2/c1-15-7-3-5-9-19(15)24-22(31)28-26-18-13-11-17(12-14-18)21(30)27-29-23(32)25-20-10-6-4-8-16(20)2/h3-14,26H,1-2H3,(H,27,30)(H2,24,28,31)(H2,25,29,32). The van der Waals surface area contributed by atoms with Crippen molar-refractivity contribution in [2.24, 2.45) is 0 Å². The lowest BCUT2D eigenvalue weighted by Crippen LogP contribution is -2.43. The zero-order valence-corrected chi connectivity index (χ0v) is 19.3. The van der Waals surface area contributed by atoms with E-state index in [0.717, 1.165) is 28.2 Å². The molecular weight excluding hydrogens is 440 g/mol. The molecule has 1 amide bonds. The molecule has 6 N–H and O–H groups in total. The monoisotopic (exact) mass is 464 g/mol. The van der Waals surface area contributed by atoms with Gasteiger partial charge in [-0.05, 0) is 85.8 Å². The van der Waals surface area contributed by atoms with Crippen LogP contribution < -0.4 is 32.3 Å². The van der Waals surface area contributed by atoms with Gasteiger partial charge in [-0.2, -0.15) is 0 Å². The molecule has 0 fully saturated rings. The fourth-order valence-electron chi connectivity index (χ4n) is 2.75. The molecular formula is C23H24N6OS2. The SMILES string of the molecule is Cc1ccccc1NC(=S)NNC(=O)c1ccc(NNC(=S)Nc2ccccc2C)cc1. The molecule has 3 aromatic carbocycles. The van der Waals surface area contributed by atoms with Gasteiger partial charge in [-0.3, -0.25) is 26.5 Å². The average Bonchev–Trinajstić information content (AvgIpc) is 2.79. The maximum Gasteiger partial charge on any atom is 0.269 e. The van der Waals surface area contributed by atoms with Gasteiger partial charge < -0.3 is 10.6 Å². The maximum atomic E-state index is 12.4. The van der Waals surface area contributed by atoms with Crippen LogP contribution in [0.25, 0.3) is 0 Å². The number of carbonyl (C=O) groups is 1. The number of amides is 1. The summed E-state index contributed by atoms with van der Waals surface area (Å²) in [4.78, 5) is 12.4. The van der Waals surface area contributed by atoms with Gasteiger partial charge >= 0.3 is 0 Å². The van der Waals surface area contributed by atoms with Crippen LogP contribution in [-0.2, 0) is 0 Å². The Balaban J connectivity index is 1.44. The lowest BCUT2D eigenvalue weighted by Gasteiger charge is -2.14. The van der Waals surface area contributed by atoms with Crippen LogP contribution in [0.15, 0.2) is 72.8 Å². The van der Waals surface area contributed by atoms with E-state index < -0.39 is 0 Å². The molecule has 0 heterocycles. The third-order valence-corrected chi connectivity index (χ3v) is 4.95. The number of hydrogen-bond acceptors (Lipinski definition) is 4. The first-order valence-electron chi connectivity index (χ1n) is 9.84. The van der Waals surface area contributed by atoms with Gasteiger partial charge in [-0.1, -0.05) is 36.4 Å². The summed E-state index contributed by atoms with van der Waals surface area (Å²) >= 11 is 10.5. The van der Waals surface area contributed by atoms with Gasteiger partial charge in [0.1, 0.15) is 0 Å². The molecule has 32 heavy (non-hydrogen) atoms. The van der Waals surface area contributed by atoms with Crippen LogP contribution >= 0.6 is 24.4 Å². The molecule has 0 bridgehead atoms. The fraction of sp³-hybridized carbons (Fsp3) is 0.0870. The Labute approximate surface area is 197 Å². The van der Waals surface area contributed by atoms with Crippen LogP contribution in [0.3, 0.4) is 0 Å². The zero-order valence-electron chi connectivity index (χ0n) is 17.7. The van der Waals surface area contributed by atoms with Crippen LogP contribution in [0.5, 0.6) is 0 Å². The molecule has 9 heteroatoms. The van der Waals surface area contributed by atoms with Crippen molar-refractivity contribution in [2.75, 3.05) is 16.1 Å². The van der Waals surface area contributed by atoms with Gasteiger partial charge in [-0.15, -0.1) is 0 Å². The highest BCUT2D eigenvalue weighted by Crippen LogP contribution is 2.14. The van der Waals surface area contributed by atoms with Crippen molar-refractivity contribution < 1.29 is 4.79 Å². The minimum Gasteiger partial charge on any atom is -0.331 e. The van der Waals surface area contributed by atoms with Crippen molar-refractivity contribution in [1.82, 2.24) is 16.3 Å². The topological polar surface area (TPSA) is 89.2 Å². The van der Waals surface area contributed by atoms with Crippen molar-refractivity contribution in [2.45, 2.75) is 13.8 Å². The third-order valence-electron chi connectivity index (χ3n) is 4.54. The summed E-state index contributed by atoms with van der Waals surface area (Å²) in [6, 6.07) is 22.5. The summed E-state index contributed by atoms with van der Waals surface area (Å²) in [7, 11) is 0. The van der Waals surface area contributed by atoms with E-state index in [0.29, 0.717) is 15.8 Å². The molecule has 0 atom stereocenters. The molecule has 7 nitrogen and oxygen atoms in total. The van der Waals surface area contributed by atoms with E-state index in [9.17, 15) is 4.79 Å². The lowest BCUT2D eigenvalue weighted by molar-refractivity contribution is 0.0944. The summed E-state index contributed by atoms with van der Waals surface area (Å²) in [5.74, 6) is -0.310. The first kappa shape index (κ1) is 23.0. The first-order valence-corrected chi connectivity index (χ1v) is 10.7. The lowest BCUT2D eigenvalue weighted by atomic mass is 10.2. The Hall–Kier alpha value is -3.69. The number of thiocarbonyl (C=S) groups is 2. The zero-order chi connectivity index (χ0) is 22.9. The van der Waals surface area contributed by atoms with Gasteiger partial charge in [0.25, 0.3) is 5.91 Å². The van der Waals surface area contributed by atoms with E-state index in [2.05, 4.69) is 32.3 Å². The smallest absolute Gasteiger partial charge is 0.269 e.